The molecule has 0 unspecified atom stereocenters. The van der Waals surface area contributed by atoms with Gasteiger partial charge in [0.25, 0.3) is 0 Å². The summed E-state index contributed by atoms with van der Waals surface area (Å²) in [5.74, 6) is 1.02. The third kappa shape index (κ3) is 5.24. The SMILES string of the molecule is C=C1NC=CN1CCCCCCCCCC. The monoisotopic (exact) mass is 222 g/mol. The smallest absolute Gasteiger partial charge is 0.102 e. The average Bonchev–Trinajstić information content (AvgIpc) is 2.68. The van der Waals surface area contributed by atoms with E-state index in [1.54, 1.807) is 0 Å². The Labute approximate surface area is 100 Å². The lowest BCUT2D eigenvalue weighted by Crippen LogP contribution is -2.18. The molecule has 0 radical (unpaired) electrons. The van der Waals surface area contributed by atoms with Gasteiger partial charge >= 0.3 is 0 Å². The summed E-state index contributed by atoms with van der Waals surface area (Å²) in [5, 5.41) is 3.10. The van der Waals surface area contributed by atoms with Crippen LogP contribution < -0.4 is 5.32 Å². The van der Waals surface area contributed by atoms with E-state index >= 15 is 0 Å². The van der Waals surface area contributed by atoms with Crippen LogP contribution in [0.15, 0.2) is 24.8 Å². The molecule has 92 valence electrons. The van der Waals surface area contributed by atoms with E-state index in [4.69, 9.17) is 0 Å². The van der Waals surface area contributed by atoms with Crippen molar-refractivity contribution in [3.63, 3.8) is 0 Å². The first-order valence-electron chi connectivity index (χ1n) is 6.73. The lowest BCUT2D eigenvalue weighted by atomic mass is 10.1. The predicted octanol–water partition coefficient (Wildman–Crippen LogP) is 3.97. The van der Waals surface area contributed by atoms with Crippen LogP contribution in [0.1, 0.15) is 58.3 Å². The molecule has 0 atom stereocenters. The first-order valence-corrected chi connectivity index (χ1v) is 6.73. The summed E-state index contributed by atoms with van der Waals surface area (Å²) in [4.78, 5) is 2.19. The number of rotatable bonds is 9. The maximum atomic E-state index is 3.94. The van der Waals surface area contributed by atoms with Crippen molar-refractivity contribution >= 4 is 0 Å². The van der Waals surface area contributed by atoms with Crippen molar-refractivity contribution in [3.8, 4) is 0 Å². The van der Waals surface area contributed by atoms with Gasteiger partial charge in [0.05, 0.1) is 0 Å². The van der Waals surface area contributed by atoms with Gasteiger partial charge in [-0.15, -0.1) is 0 Å². The van der Waals surface area contributed by atoms with Gasteiger partial charge in [0.2, 0.25) is 0 Å². The quantitative estimate of drug-likeness (QED) is 0.594. The molecule has 16 heavy (non-hydrogen) atoms. The Balaban J connectivity index is 1.85. The van der Waals surface area contributed by atoms with Crippen LogP contribution in [0, 0.1) is 0 Å². The lowest BCUT2D eigenvalue weighted by Gasteiger charge is -2.16. The molecule has 0 saturated heterocycles. The Kier molecular flexibility index (Phi) is 6.78. The van der Waals surface area contributed by atoms with Crippen molar-refractivity contribution in [2.75, 3.05) is 6.54 Å². The van der Waals surface area contributed by atoms with Crippen LogP contribution in [0.2, 0.25) is 0 Å². The topological polar surface area (TPSA) is 15.3 Å². The summed E-state index contributed by atoms with van der Waals surface area (Å²) >= 11 is 0. The maximum Gasteiger partial charge on any atom is 0.102 e. The first-order chi connectivity index (χ1) is 7.84. The predicted molar refractivity (Wildman–Crippen MR) is 70.7 cm³/mol. The van der Waals surface area contributed by atoms with Crippen LogP contribution in [-0.2, 0) is 0 Å². The van der Waals surface area contributed by atoms with Crippen LogP contribution in [0.3, 0.4) is 0 Å². The molecule has 0 saturated carbocycles. The highest BCUT2D eigenvalue weighted by Crippen LogP contribution is 2.11. The van der Waals surface area contributed by atoms with E-state index in [1.807, 2.05) is 6.20 Å². The molecule has 1 heterocycles. The molecule has 2 heteroatoms. The molecule has 1 rings (SSSR count). The fraction of sp³-hybridized carbons (Fsp3) is 0.714. The molecule has 0 fully saturated rings. The highest BCUT2D eigenvalue weighted by Gasteiger charge is 2.06. The number of nitrogens with one attached hydrogen (secondary N) is 1. The highest BCUT2D eigenvalue weighted by atomic mass is 15.3. The van der Waals surface area contributed by atoms with E-state index < -0.39 is 0 Å². The first kappa shape index (κ1) is 13.1. The third-order valence-corrected chi connectivity index (χ3v) is 3.10. The molecule has 2 nitrogen and oxygen atoms in total. The molecule has 0 amide bonds. The minimum atomic E-state index is 1.02. The summed E-state index contributed by atoms with van der Waals surface area (Å²) in [6, 6.07) is 0. The zero-order valence-corrected chi connectivity index (χ0v) is 10.7. The molecule has 0 spiro atoms. The second-order valence-corrected chi connectivity index (χ2v) is 4.58. The zero-order chi connectivity index (χ0) is 11.6. The van der Waals surface area contributed by atoms with Crippen LogP contribution in [-0.4, -0.2) is 11.4 Å². The second kappa shape index (κ2) is 8.26. The van der Waals surface area contributed by atoms with Crippen molar-refractivity contribution < 1.29 is 0 Å². The summed E-state index contributed by atoms with van der Waals surface area (Å²) in [5.41, 5.74) is 0. The molecular formula is C14H26N2. The largest absolute Gasteiger partial charge is 0.347 e. The fourth-order valence-corrected chi connectivity index (χ4v) is 2.02. The molecule has 0 aromatic carbocycles. The molecule has 0 aliphatic carbocycles. The Morgan fingerprint density at radius 3 is 2.25 bits per heavy atom. The van der Waals surface area contributed by atoms with Gasteiger partial charge in [-0.3, -0.25) is 0 Å². The minimum absolute atomic E-state index is 1.02. The Morgan fingerprint density at radius 1 is 1.06 bits per heavy atom. The summed E-state index contributed by atoms with van der Waals surface area (Å²) < 4.78 is 0. The standard InChI is InChI=1S/C14H26N2/c1-3-4-5-6-7-8-9-10-12-16-13-11-15-14(16)2/h11,13,15H,2-10,12H2,1H3. The van der Waals surface area contributed by atoms with E-state index in [1.165, 1.54) is 51.4 Å². The van der Waals surface area contributed by atoms with Gasteiger partial charge in [0.15, 0.2) is 0 Å². The highest BCUT2D eigenvalue weighted by molar-refractivity contribution is 5.08. The van der Waals surface area contributed by atoms with Crippen molar-refractivity contribution in [1.29, 1.82) is 0 Å². The number of unbranched alkanes of at least 4 members (excludes halogenated alkanes) is 7. The summed E-state index contributed by atoms with van der Waals surface area (Å²) in [6.45, 7) is 7.31. The molecular weight excluding hydrogens is 196 g/mol. The van der Waals surface area contributed by atoms with Gasteiger partial charge < -0.3 is 10.2 Å². The molecule has 1 aliphatic rings. The van der Waals surface area contributed by atoms with E-state index in [0.29, 0.717) is 0 Å². The number of nitrogens with zero attached hydrogens (tertiary/aromatic N) is 1. The molecule has 1 N–H and O–H groups in total. The van der Waals surface area contributed by atoms with Crippen LogP contribution in [0.4, 0.5) is 0 Å². The van der Waals surface area contributed by atoms with Crippen LogP contribution in [0.25, 0.3) is 0 Å². The normalized spacial score (nSPS) is 14.6. The average molecular weight is 222 g/mol. The van der Waals surface area contributed by atoms with Gasteiger partial charge in [-0.1, -0.05) is 58.4 Å². The van der Waals surface area contributed by atoms with Crippen LogP contribution >= 0.6 is 0 Å². The fourth-order valence-electron chi connectivity index (χ4n) is 2.02. The summed E-state index contributed by atoms with van der Waals surface area (Å²) in [6.07, 6.45) is 15.0. The van der Waals surface area contributed by atoms with E-state index in [2.05, 4.69) is 29.9 Å². The number of hydrogen-bond acceptors (Lipinski definition) is 2. The summed E-state index contributed by atoms with van der Waals surface area (Å²) in [7, 11) is 0. The van der Waals surface area contributed by atoms with E-state index in [9.17, 15) is 0 Å². The molecule has 0 bridgehead atoms. The molecule has 0 aromatic rings. The van der Waals surface area contributed by atoms with Crippen LogP contribution in [0.5, 0.6) is 0 Å². The van der Waals surface area contributed by atoms with Crippen molar-refractivity contribution in [2.45, 2.75) is 58.3 Å². The Hall–Kier alpha value is -0.920. The van der Waals surface area contributed by atoms with Gasteiger partial charge in [-0.05, 0) is 6.42 Å². The van der Waals surface area contributed by atoms with E-state index in [0.717, 1.165) is 12.4 Å². The van der Waals surface area contributed by atoms with Gasteiger partial charge in [-0.25, -0.2) is 0 Å². The van der Waals surface area contributed by atoms with Gasteiger partial charge in [0, 0.05) is 18.9 Å². The van der Waals surface area contributed by atoms with Crippen molar-refractivity contribution in [3.05, 3.63) is 24.8 Å². The Bertz CT molecular complexity index is 221. The minimum Gasteiger partial charge on any atom is -0.347 e. The molecule has 1 aliphatic heterocycles. The maximum absolute atomic E-state index is 3.94. The van der Waals surface area contributed by atoms with Gasteiger partial charge in [-0.2, -0.15) is 0 Å². The van der Waals surface area contributed by atoms with Crippen molar-refractivity contribution in [2.24, 2.45) is 0 Å². The molecule has 0 aromatic heterocycles. The second-order valence-electron chi connectivity index (χ2n) is 4.58. The number of hydrogen-bond donors (Lipinski definition) is 1. The Morgan fingerprint density at radius 2 is 1.69 bits per heavy atom. The third-order valence-electron chi connectivity index (χ3n) is 3.10. The van der Waals surface area contributed by atoms with E-state index in [-0.39, 0.29) is 0 Å². The lowest BCUT2D eigenvalue weighted by molar-refractivity contribution is 0.439. The zero-order valence-electron chi connectivity index (χ0n) is 10.7. The van der Waals surface area contributed by atoms with Crippen molar-refractivity contribution in [1.82, 2.24) is 10.2 Å². The van der Waals surface area contributed by atoms with Gasteiger partial charge in [0.1, 0.15) is 5.82 Å².